The van der Waals surface area contributed by atoms with E-state index in [-0.39, 0.29) is 46.6 Å². The number of ether oxygens (including phenoxy) is 1. The molecule has 0 spiro atoms. The Morgan fingerprint density at radius 1 is 1.20 bits per heavy atom. The molecule has 12 heteroatoms. The Hall–Kier alpha value is -3.02. The minimum absolute atomic E-state index is 0.0730. The van der Waals surface area contributed by atoms with Gasteiger partial charge in [0.1, 0.15) is 6.10 Å². The highest BCUT2D eigenvalue weighted by Gasteiger charge is 2.48. The van der Waals surface area contributed by atoms with Crippen molar-refractivity contribution in [2.24, 2.45) is 11.8 Å². The lowest BCUT2D eigenvalue weighted by Gasteiger charge is -2.44. The molecular weight excluding hydrogens is 487 g/mol. The number of cyclic esters (lactones) is 1. The standard InChI is InChI=1S/C23H26F3N3O5S/c1-14-18-13-28(21(30)10-17(18)19(12-27(2)3)22(31)34-14)9-8-15-11-29(35(32,33)23(24,25)26)20-7-5-4-6-16(15)20/h4-7,11-12,14,17-18H,8-10,13H2,1-3H3/b19-12-. The molecule has 0 bridgehead atoms. The Morgan fingerprint density at radius 2 is 1.89 bits per heavy atom. The third kappa shape index (κ3) is 4.51. The Bertz CT molecular complexity index is 1300. The largest absolute Gasteiger partial charge is 0.517 e. The summed E-state index contributed by atoms with van der Waals surface area (Å²) >= 11 is 0. The van der Waals surface area contributed by atoms with E-state index in [1.54, 1.807) is 49.2 Å². The van der Waals surface area contributed by atoms with Gasteiger partial charge >= 0.3 is 21.5 Å². The van der Waals surface area contributed by atoms with Crippen molar-refractivity contribution in [2.45, 2.75) is 31.4 Å². The molecule has 3 unspecified atom stereocenters. The van der Waals surface area contributed by atoms with Crippen LogP contribution in [0, 0.1) is 11.8 Å². The van der Waals surface area contributed by atoms with Crippen molar-refractivity contribution in [3.8, 4) is 0 Å². The zero-order chi connectivity index (χ0) is 25.7. The molecule has 0 radical (unpaired) electrons. The van der Waals surface area contributed by atoms with Gasteiger partial charge in [-0.3, -0.25) is 4.79 Å². The van der Waals surface area contributed by atoms with Gasteiger partial charge in [-0.1, -0.05) is 18.2 Å². The SMILES string of the molecule is CC1OC(=O)/C(=C\N(C)C)C2CC(=O)N(CCc3cn(S(=O)(=O)C(F)(F)F)c4ccccc34)CC12. The highest BCUT2D eigenvalue weighted by Crippen LogP contribution is 2.39. The Labute approximate surface area is 201 Å². The van der Waals surface area contributed by atoms with E-state index in [9.17, 15) is 31.2 Å². The van der Waals surface area contributed by atoms with E-state index in [1.807, 2.05) is 0 Å². The molecule has 35 heavy (non-hydrogen) atoms. The molecule has 0 N–H and O–H groups in total. The number of amides is 1. The number of benzene rings is 1. The fourth-order valence-electron chi connectivity index (χ4n) is 4.87. The molecule has 3 heterocycles. The van der Waals surface area contributed by atoms with Crippen molar-refractivity contribution in [3.05, 3.63) is 47.8 Å². The summed E-state index contributed by atoms with van der Waals surface area (Å²) in [7, 11) is -2.05. The summed E-state index contributed by atoms with van der Waals surface area (Å²) < 4.78 is 69.6. The van der Waals surface area contributed by atoms with Crippen LogP contribution >= 0.6 is 0 Å². The van der Waals surface area contributed by atoms with Crippen LogP contribution < -0.4 is 0 Å². The van der Waals surface area contributed by atoms with Crippen LogP contribution in [-0.2, 0) is 30.8 Å². The summed E-state index contributed by atoms with van der Waals surface area (Å²) in [5.41, 5.74) is -4.68. The van der Waals surface area contributed by atoms with Crippen molar-refractivity contribution in [1.82, 2.24) is 13.8 Å². The van der Waals surface area contributed by atoms with Crippen LogP contribution in [-0.4, -0.2) is 72.9 Å². The topological polar surface area (TPSA) is 88.9 Å². The van der Waals surface area contributed by atoms with Crippen molar-refractivity contribution >= 4 is 32.8 Å². The first-order chi connectivity index (χ1) is 16.3. The maximum absolute atomic E-state index is 13.2. The molecule has 2 aromatic rings. The molecule has 2 aliphatic heterocycles. The van der Waals surface area contributed by atoms with Gasteiger partial charge in [0.05, 0.1) is 11.1 Å². The first-order valence-electron chi connectivity index (χ1n) is 11.1. The highest BCUT2D eigenvalue weighted by molar-refractivity contribution is 7.90. The number of para-hydroxylation sites is 1. The summed E-state index contributed by atoms with van der Waals surface area (Å²) in [6.07, 6.45) is 2.53. The van der Waals surface area contributed by atoms with Crippen LogP contribution in [0.5, 0.6) is 0 Å². The van der Waals surface area contributed by atoms with Crippen molar-refractivity contribution in [1.29, 1.82) is 0 Å². The zero-order valence-electron chi connectivity index (χ0n) is 19.4. The number of likely N-dealkylation sites (tertiary alicyclic amines) is 1. The minimum Gasteiger partial charge on any atom is -0.459 e. The van der Waals surface area contributed by atoms with Crippen LogP contribution in [0.4, 0.5) is 13.2 Å². The maximum atomic E-state index is 13.2. The fraction of sp³-hybridized carbons (Fsp3) is 0.478. The van der Waals surface area contributed by atoms with Gasteiger partial charge in [0.2, 0.25) is 5.91 Å². The Kier molecular flexibility index (Phi) is 6.37. The smallest absolute Gasteiger partial charge is 0.459 e. The van der Waals surface area contributed by atoms with Gasteiger partial charge in [0.15, 0.2) is 0 Å². The van der Waals surface area contributed by atoms with Crippen molar-refractivity contribution in [3.63, 3.8) is 0 Å². The molecular formula is C23H26F3N3O5S. The van der Waals surface area contributed by atoms with Crippen LogP contribution in [0.1, 0.15) is 18.9 Å². The van der Waals surface area contributed by atoms with E-state index >= 15 is 0 Å². The first kappa shape index (κ1) is 25.1. The molecule has 0 aliphatic carbocycles. The second-order valence-corrected chi connectivity index (χ2v) is 10.9. The molecule has 1 aromatic heterocycles. The number of rotatable bonds is 5. The van der Waals surface area contributed by atoms with E-state index in [0.717, 1.165) is 6.20 Å². The van der Waals surface area contributed by atoms with Gasteiger partial charge in [0, 0.05) is 63.2 Å². The van der Waals surface area contributed by atoms with Gasteiger partial charge in [-0.05, 0) is 25.0 Å². The lowest BCUT2D eigenvalue weighted by atomic mass is 9.75. The summed E-state index contributed by atoms with van der Waals surface area (Å²) in [6, 6.07) is 5.95. The summed E-state index contributed by atoms with van der Waals surface area (Å²) in [5, 5.41) is 0.374. The molecule has 2 saturated heterocycles. The van der Waals surface area contributed by atoms with Gasteiger partial charge in [-0.2, -0.15) is 21.6 Å². The van der Waals surface area contributed by atoms with Gasteiger partial charge in [0.25, 0.3) is 0 Å². The van der Waals surface area contributed by atoms with E-state index in [2.05, 4.69) is 0 Å². The maximum Gasteiger partial charge on any atom is 0.517 e. The molecule has 3 atom stereocenters. The number of nitrogens with zero attached hydrogens (tertiary/aromatic N) is 3. The third-order valence-corrected chi connectivity index (χ3v) is 7.99. The Balaban J connectivity index is 1.58. The average Bonchev–Trinajstić information content (AvgIpc) is 3.14. The molecule has 8 nitrogen and oxygen atoms in total. The van der Waals surface area contributed by atoms with Crippen molar-refractivity contribution < 1.29 is 35.9 Å². The number of esters is 1. The zero-order valence-corrected chi connectivity index (χ0v) is 20.3. The molecule has 2 fully saturated rings. The number of carbonyl (C=O) groups is 2. The highest BCUT2D eigenvalue weighted by atomic mass is 32.2. The second-order valence-electron chi connectivity index (χ2n) is 9.14. The van der Waals surface area contributed by atoms with Gasteiger partial charge in [-0.25, -0.2) is 8.77 Å². The predicted octanol–water partition coefficient (Wildman–Crippen LogP) is 2.74. The van der Waals surface area contributed by atoms with E-state index in [1.165, 1.54) is 12.1 Å². The molecule has 4 rings (SSSR count). The number of aromatic nitrogens is 1. The lowest BCUT2D eigenvalue weighted by Crippen LogP contribution is -2.53. The first-order valence-corrected chi connectivity index (χ1v) is 12.5. The van der Waals surface area contributed by atoms with Crippen LogP contribution in [0.15, 0.2) is 42.2 Å². The predicted molar refractivity (Wildman–Crippen MR) is 122 cm³/mol. The molecule has 2 aliphatic rings. The number of piperidine rings is 1. The van der Waals surface area contributed by atoms with Crippen molar-refractivity contribution in [2.75, 3.05) is 27.2 Å². The molecule has 0 saturated carbocycles. The second kappa shape index (κ2) is 8.89. The van der Waals surface area contributed by atoms with E-state index in [0.29, 0.717) is 23.1 Å². The number of halogens is 3. The molecule has 1 amide bonds. The minimum atomic E-state index is -5.60. The number of alkyl halides is 3. The third-order valence-electron chi connectivity index (χ3n) is 6.59. The fourth-order valence-corrected chi connectivity index (χ4v) is 5.78. The van der Waals surface area contributed by atoms with E-state index in [4.69, 9.17) is 4.74 Å². The van der Waals surface area contributed by atoms with Gasteiger partial charge in [-0.15, -0.1) is 0 Å². The lowest BCUT2D eigenvalue weighted by molar-refractivity contribution is -0.159. The Morgan fingerprint density at radius 3 is 2.54 bits per heavy atom. The summed E-state index contributed by atoms with van der Waals surface area (Å²) in [5.74, 6) is -1.02. The van der Waals surface area contributed by atoms with Crippen LogP contribution in [0.25, 0.3) is 10.9 Å². The summed E-state index contributed by atoms with van der Waals surface area (Å²) in [6.45, 7) is 2.29. The average molecular weight is 514 g/mol. The number of hydrogen-bond donors (Lipinski definition) is 0. The van der Waals surface area contributed by atoms with Crippen LogP contribution in [0.2, 0.25) is 0 Å². The normalized spacial score (nSPS) is 24.6. The van der Waals surface area contributed by atoms with Gasteiger partial charge < -0.3 is 14.5 Å². The quantitative estimate of drug-likeness (QED) is 0.451. The van der Waals surface area contributed by atoms with E-state index < -0.39 is 27.6 Å². The molecule has 1 aromatic carbocycles. The number of fused-ring (bicyclic) bond motifs is 2. The summed E-state index contributed by atoms with van der Waals surface area (Å²) in [4.78, 5) is 28.7. The van der Waals surface area contributed by atoms with Crippen LogP contribution in [0.3, 0.4) is 0 Å². The monoisotopic (exact) mass is 513 g/mol. The number of carbonyl (C=O) groups excluding carboxylic acids is 2. The molecule has 190 valence electrons. The number of hydrogen-bond acceptors (Lipinski definition) is 6.